The molecule has 0 aliphatic rings. The van der Waals surface area contributed by atoms with Gasteiger partial charge in [0.2, 0.25) is 0 Å². The highest BCUT2D eigenvalue weighted by atomic mass is 35.5. The number of halogens is 1. The van der Waals surface area contributed by atoms with E-state index in [-0.39, 0.29) is 6.04 Å². The van der Waals surface area contributed by atoms with Gasteiger partial charge in [0.25, 0.3) is 0 Å². The molecule has 0 spiro atoms. The van der Waals surface area contributed by atoms with Crippen molar-refractivity contribution < 1.29 is 0 Å². The Balaban J connectivity index is 2.04. The molecule has 0 aliphatic heterocycles. The number of nitrogens with one attached hydrogen (secondary N) is 1. The number of aromatic nitrogens is 3. The number of aryl methyl sites for hydroxylation is 1. The molecule has 0 fully saturated rings. The van der Waals surface area contributed by atoms with Crippen LogP contribution in [-0.4, -0.2) is 21.0 Å². The average molecular weight is 266 g/mol. The van der Waals surface area contributed by atoms with Crippen LogP contribution in [0.25, 0.3) is 0 Å². The van der Waals surface area contributed by atoms with Crippen molar-refractivity contribution in [2.24, 2.45) is 12.9 Å². The molecule has 2 rings (SSSR count). The maximum absolute atomic E-state index is 6.13. The number of hydrogen-bond acceptors (Lipinski definition) is 4. The third-order valence-corrected chi connectivity index (χ3v) is 3.13. The fourth-order valence-electron chi connectivity index (χ4n) is 1.86. The van der Waals surface area contributed by atoms with Gasteiger partial charge in [-0.25, -0.2) is 0 Å². The smallest absolute Gasteiger partial charge is 0.0843 e. The van der Waals surface area contributed by atoms with Gasteiger partial charge in [-0.15, -0.1) is 5.10 Å². The number of rotatable bonds is 5. The molecule has 0 bridgehead atoms. The zero-order chi connectivity index (χ0) is 13.0. The molecule has 3 N–H and O–H groups in total. The summed E-state index contributed by atoms with van der Waals surface area (Å²) in [6, 6.07) is 7.86. The fourth-order valence-corrected chi connectivity index (χ4v) is 2.07. The van der Waals surface area contributed by atoms with Crippen molar-refractivity contribution in [2.75, 3.05) is 0 Å². The van der Waals surface area contributed by atoms with E-state index in [1.165, 1.54) is 0 Å². The second-order valence-electron chi connectivity index (χ2n) is 4.25. The monoisotopic (exact) mass is 265 g/mol. The minimum Gasteiger partial charge on any atom is -0.271 e. The first-order valence-corrected chi connectivity index (χ1v) is 6.11. The van der Waals surface area contributed by atoms with Crippen LogP contribution in [0.3, 0.4) is 0 Å². The van der Waals surface area contributed by atoms with Crippen molar-refractivity contribution in [2.45, 2.75) is 18.9 Å². The molecule has 0 amide bonds. The lowest BCUT2D eigenvalue weighted by molar-refractivity contribution is 0.517. The van der Waals surface area contributed by atoms with E-state index in [0.717, 1.165) is 29.1 Å². The largest absolute Gasteiger partial charge is 0.271 e. The number of hydrazine groups is 1. The standard InChI is InChI=1S/C12H16ClN5/c1-18-8-11(16-17-18)7-10(15-14)6-9-4-2-3-5-12(9)13/h2-5,8,10,15H,6-7,14H2,1H3. The van der Waals surface area contributed by atoms with Gasteiger partial charge < -0.3 is 0 Å². The van der Waals surface area contributed by atoms with Crippen LogP contribution in [0, 0.1) is 0 Å². The minimum absolute atomic E-state index is 0.0848. The SMILES string of the molecule is Cn1cc(CC(Cc2ccccc2Cl)NN)nn1. The summed E-state index contributed by atoms with van der Waals surface area (Å²) in [4.78, 5) is 0. The van der Waals surface area contributed by atoms with Crippen molar-refractivity contribution in [1.82, 2.24) is 20.4 Å². The van der Waals surface area contributed by atoms with E-state index in [1.807, 2.05) is 37.5 Å². The third-order valence-electron chi connectivity index (χ3n) is 2.77. The van der Waals surface area contributed by atoms with Crippen LogP contribution in [0.5, 0.6) is 0 Å². The summed E-state index contributed by atoms with van der Waals surface area (Å²) < 4.78 is 1.68. The van der Waals surface area contributed by atoms with E-state index < -0.39 is 0 Å². The summed E-state index contributed by atoms with van der Waals surface area (Å²) in [5.74, 6) is 5.58. The molecular formula is C12H16ClN5. The number of nitrogens with zero attached hydrogens (tertiary/aromatic N) is 3. The van der Waals surface area contributed by atoms with Crippen LogP contribution < -0.4 is 11.3 Å². The summed E-state index contributed by atoms with van der Waals surface area (Å²) >= 11 is 6.13. The first-order chi connectivity index (χ1) is 8.69. The van der Waals surface area contributed by atoms with Crippen molar-refractivity contribution in [3.63, 3.8) is 0 Å². The summed E-state index contributed by atoms with van der Waals surface area (Å²) in [7, 11) is 1.84. The molecule has 0 saturated carbocycles. The maximum Gasteiger partial charge on any atom is 0.0843 e. The first-order valence-electron chi connectivity index (χ1n) is 5.73. The number of hydrogen-bond donors (Lipinski definition) is 2. The van der Waals surface area contributed by atoms with Crippen LogP contribution in [0.2, 0.25) is 5.02 Å². The van der Waals surface area contributed by atoms with E-state index in [0.29, 0.717) is 0 Å². The van der Waals surface area contributed by atoms with E-state index >= 15 is 0 Å². The normalized spacial score (nSPS) is 12.6. The molecule has 2 aromatic rings. The van der Waals surface area contributed by atoms with Gasteiger partial charge in [0.05, 0.1) is 5.69 Å². The van der Waals surface area contributed by atoms with Gasteiger partial charge in [0, 0.05) is 30.7 Å². The molecular weight excluding hydrogens is 250 g/mol. The Hall–Kier alpha value is -1.43. The Bertz CT molecular complexity index is 511. The lowest BCUT2D eigenvalue weighted by atomic mass is 10.0. The molecule has 0 saturated heterocycles. The molecule has 18 heavy (non-hydrogen) atoms. The summed E-state index contributed by atoms with van der Waals surface area (Å²) in [6.07, 6.45) is 3.36. The van der Waals surface area contributed by atoms with Gasteiger partial charge in [0.1, 0.15) is 0 Å². The molecule has 5 nitrogen and oxygen atoms in total. The second-order valence-corrected chi connectivity index (χ2v) is 4.65. The molecule has 0 aliphatic carbocycles. The van der Waals surface area contributed by atoms with Crippen LogP contribution in [0.4, 0.5) is 0 Å². The fraction of sp³-hybridized carbons (Fsp3) is 0.333. The lowest BCUT2D eigenvalue weighted by Crippen LogP contribution is -2.38. The molecule has 1 heterocycles. The van der Waals surface area contributed by atoms with Gasteiger partial charge in [0.15, 0.2) is 0 Å². The maximum atomic E-state index is 6.13. The minimum atomic E-state index is 0.0848. The Labute approximate surface area is 111 Å². The van der Waals surface area contributed by atoms with E-state index in [1.54, 1.807) is 4.68 Å². The molecule has 1 aromatic heterocycles. The highest BCUT2D eigenvalue weighted by Crippen LogP contribution is 2.17. The Kier molecular flexibility index (Phi) is 4.30. The Morgan fingerprint density at radius 1 is 1.39 bits per heavy atom. The van der Waals surface area contributed by atoms with Crippen LogP contribution in [-0.2, 0) is 19.9 Å². The van der Waals surface area contributed by atoms with Crippen LogP contribution in [0.15, 0.2) is 30.5 Å². The second kappa shape index (κ2) is 5.95. The zero-order valence-corrected chi connectivity index (χ0v) is 10.9. The van der Waals surface area contributed by atoms with Crippen LogP contribution in [0.1, 0.15) is 11.3 Å². The van der Waals surface area contributed by atoms with Crippen molar-refractivity contribution >= 4 is 11.6 Å². The highest BCUT2D eigenvalue weighted by Gasteiger charge is 2.12. The van der Waals surface area contributed by atoms with Gasteiger partial charge in [-0.05, 0) is 18.1 Å². The summed E-state index contributed by atoms with van der Waals surface area (Å²) in [6.45, 7) is 0. The van der Waals surface area contributed by atoms with Gasteiger partial charge in [-0.3, -0.25) is 16.0 Å². The molecule has 1 atom stereocenters. The van der Waals surface area contributed by atoms with Crippen molar-refractivity contribution in [3.8, 4) is 0 Å². The summed E-state index contributed by atoms with van der Waals surface area (Å²) in [5, 5.41) is 8.71. The third kappa shape index (κ3) is 3.29. The molecule has 0 radical (unpaired) electrons. The molecule has 96 valence electrons. The van der Waals surface area contributed by atoms with Crippen LogP contribution >= 0.6 is 11.6 Å². The van der Waals surface area contributed by atoms with Gasteiger partial charge in [-0.1, -0.05) is 35.0 Å². The van der Waals surface area contributed by atoms with Gasteiger partial charge >= 0.3 is 0 Å². The van der Waals surface area contributed by atoms with Crippen molar-refractivity contribution in [1.29, 1.82) is 0 Å². The predicted octanol–water partition coefficient (Wildman–Crippen LogP) is 1.09. The number of nitrogens with two attached hydrogens (primary N) is 1. The number of benzene rings is 1. The molecule has 1 unspecified atom stereocenters. The molecule has 6 heteroatoms. The average Bonchev–Trinajstić information content (AvgIpc) is 2.76. The summed E-state index contributed by atoms with van der Waals surface area (Å²) in [5.41, 5.74) is 4.78. The molecule has 1 aromatic carbocycles. The van der Waals surface area contributed by atoms with E-state index in [4.69, 9.17) is 17.4 Å². The quantitative estimate of drug-likeness (QED) is 0.627. The Morgan fingerprint density at radius 2 is 2.17 bits per heavy atom. The van der Waals surface area contributed by atoms with Crippen molar-refractivity contribution in [3.05, 3.63) is 46.7 Å². The highest BCUT2D eigenvalue weighted by molar-refractivity contribution is 6.31. The van der Waals surface area contributed by atoms with E-state index in [2.05, 4.69) is 15.7 Å². The predicted molar refractivity (Wildman–Crippen MR) is 71.0 cm³/mol. The zero-order valence-electron chi connectivity index (χ0n) is 10.2. The van der Waals surface area contributed by atoms with Gasteiger partial charge in [-0.2, -0.15) is 0 Å². The first kappa shape index (κ1) is 13.0. The lowest BCUT2D eigenvalue weighted by Gasteiger charge is -2.15. The topological polar surface area (TPSA) is 68.8 Å². The Morgan fingerprint density at radius 3 is 2.78 bits per heavy atom. The van der Waals surface area contributed by atoms with E-state index in [9.17, 15) is 0 Å².